The number of para-hydroxylation sites is 1. The number of hydrogen-bond donors (Lipinski definition) is 1. The van der Waals surface area contributed by atoms with E-state index in [4.69, 9.17) is 0 Å². The molecule has 1 amide bonds. The summed E-state index contributed by atoms with van der Waals surface area (Å²) >= 11 is 1.20. The van der Waals surface area contributed by atoms with Crippen LogP contribution in [-0.2, 0) is 4.79 Å². The molecule has 0 atom stereocenters. The third kappa shape index (κ3) is 4.00. The minimum atomic E-state index is -0.419. The number of rotatable bonds is 3. The number of benzene rings is 2. The molecule has 120 valence electrons. The van der Waals surface area contributed by atoms with Crippen molar-refractivity contribution in [2.24, 2.45) is 4.99 Å². The number of amidine groups is 1. The second kappa shape index (κ2) is 7.27. The van der Waals surface area contributed by atoms with Gasteiger partial charge in [-0.05, 0) is 48.0 Å². The number of thioether (sulfide) groups is 1. The number of carbonyl (C=O) groups is 1. The normalized spacial score (nSPS) is 18.2. The Hall–Kier alpha value is -2.66. The van der Waals surface area contributed by atoms with Gasteiger partial charge in [0, 0.05) is 0 Å². The van der Waals surface area contributed by atoms with Crippen LogP contribution in [0.4, 0.5) is 10.1 Å². The van der Waals surface area contributed by atoms with Crippen molar-refractivity contribution in [3.63, 3.8) is 0 Å². The van der Waals surface area contributed by atoms with Gasteiger partial charge in [0.1, 0.15) is 11.5 Å². The van der Waals surface area contributed by atoms with Crippen LogP contribution in [0.5, 0.6) is 0 Å². The zero-order valence-corrected chi connectivity index (χ0v) is 13.8. The van der Waals surface area contributed by atoms with Gasteiger partial charge in [-0.25, -0.2) is 9.38 Å². The second-order valence-corrected chi connectivity index (χ2v) is 6.26. The van der Waals surface area contributed by atoms with Crippen molar-refractivity contribution in [2.45, 2.75) is 6.92 Å². The molecule has 0 saturated carbocycles. The first-order valence-corrected chi connectivity index (χ1v) is 8.21. The van der Waals surface area contributed by atoms with Crippen molar-refractivity contribution in [3.05, 3.63) is 82.5 Å². The molecule has 24 heavy (non-hydrogen) atoms. The molecule has 2 aromatic carbocycles. The Labute approximate surface area is 144 Å². The lowest BCUT2D eigenvalue weighted by molar-refractivity contribution is -0.115. The van der Waals surface area contributed by atoms with Gasteiger partial charge in [-0.2, -0.15) is 0 Å². The van der Waals surface area contributed by atoms with E-state index >= 15 is 0 Å². The molecule has 1 fully saturated rings. The van der Waals surface area contributed by atoms with Gasteiger partial charge >= 0.3 is 0 Å². The highest BCUT2D eigenvalue weighted by atomic mass is 32.2. The minimum Gasteiger partial charge on any atom is -0.300 e. The van der Waals surface area contributed by atoms with E-state index in [0.717, 1.165) is 11.1 Å². The molecule has 5 heteroatoms. The average Bonchev–Trinajstić information content (AvgIpc) is 2.90. The van der Waals surface area contributed by atoms with E-state index in [1.54, 1.807) is 24.3 Å². The highest BCUT2D eigenvalue weighted by Crippen LogP contribution is 2.28. The maximum absolute atomic E-state index is 13.6. The Morgan fingerprint density at radius 3 is 2.58 bits per heavy atom. The summed E-state index contributed by atoms with van der Waals surface area (Å²) in [5.74, 6) is -0.645. The summed E-state index contributed by atoms with van der Waals surface area (Å²) in [4.78, 5) is 16.7. The van der Waals surface area contributed by atoms with Gasteiger partial charge in [0.25, 0.3) is 5.91 Å². The molecule has 1 heterocycles. The third-order valence-electron chi connectivity index (χ3n) is 3.28. The van der Waals surface area contributed by atoms with Crippen LogP contribution < -0.4 is 5.32 Å². The monoisotopic (exact) mass is 338 g/mol. The Morgan fingerprint density at radius 1 is 1.12 bits per heavy atom. The van der Waals surface area contributed by atoms with Crippen LogP contribution in [0.15, 0.2) is 76.1 Å². The lowest BCUT2D eigenvalue weighted by atomic mass is 10.1. The van der Waals surface area contributed by atoms with Crippen molar-refractivity contribution in [1.82, 2.24) is 5.32 Å². The van der Waals surface area contributed by atoms with Gasteiger partial charge in [-0.15, -0.1) is 0 Å². The van der Waals surface area contributed by atoms with E-state index < -0.39 is 5.82 Å². The molecule has 0 bridgehead atoms. The molecule has 1 aliphatic heterocycles. The molecule has 2 aromatic rings. The number of hydrogen-bond acceptors (Lipinski definition) is 3. The first-order chi connectivity index (χ1) is 11.6. The fourth-order valence-electron chi connectivity index (χ4n) is 2.19. The Bertz CT molecular complexity index is 857. The summed E-state index contributed by atoms with van der Waals surface area (Å²) < 4.78 is 13.6. The van der Waals surface area contributed by atoms with Gasteiger partial charge < -0.3 is 5.32 Å². The number of halogens is 1. The first-order valence-electron chi connectivity index (χ1n) is 7.39. The maximum Gasteiger partial charge on any atom is 0.264 e. The zero-order valence-electron chi connectivity index (χ0n) is 13.0. The lowest BCUT2D eigenvalue weighted by Crippen LogP contribution is -2.19. The van der Waals surface area contributed by atoms with E-state index in [9.17, 15) is 9.18 Å². The molecule has 0 radical (unpaired) electrons. The fraction of sp³-hybridized carbons (Fsp3) is 0.0526. The van der Waals surface area contributed by atoms with E-state index in [1.807, 2.05) is 43.3 Å². The summed E-state index contributed by atoms with van der Waals surface area (Å²) in [7, 11) is 0. The Kier molecular flexibility index (Phi) is 4.91. The molecule has 0 aliphatic carbocycles. The summed E-state index contributed by atoms with van der Waals surface area (Å²) in [5.41, 5.74) is 2.22. The zero-order chi connectivity index (χ0) is 16.9. The maximum atomic E-state index is 13.6. The van der Waals surface area contributed by atoms with Crippen LogP contribution >= 0.6 is 11.8 Å². The summed E-state index contributed by atoms with van der Waals surface area (Å²) in [6.07, 6.45) is 3.80. The SMILES string of the molecule is CC(=Cc1ccccc1)C=C1SC(=Nc2ccccc2F)NC1=O. The fourth-order valence-corrected chi connectivity index (χ4v) is 3.08. The smallest absolute Gasteiger partial charge is 0.264 e. The van der Waals surface area contributed by atoms with E-state index in [0.29, 0.717) is 10.1 Å². The van der Waals surface area contributed by atoms with Gasteiger partial charge in [-0.3, -0.25) is 4.79 Å². The van der Waals surface area contributed by atoms with Crippen LogP contribution in [0.25, 0.3) is 6.08 Å². The molecular weight excluding hydrogens is 323 g/mol. The summed E-state index contributed by atoms with van der Waals surface area (Å²) in [5, 5.41) is 3.04. The molecule has 1 N–H and O–H groups in total. The number of amides is 1. The number of aliphatic imine (C=N–C) groups is 1. The molecule has 0 spiro atoms. The molecule has 0 aromatic heterocycles. The Morgan fingerprint density at radius 2 is 1.83 bits per heavy atom. The van der Waals surface area contributed by atoms with Crippen molar-refractivity contribution in [3.8, 4) is 0 Å². The van der Waals surface area contributed by atoms with Gasteiger partial charge in [0.2, 0.25) is 0 Å². The third-order valence-corrected chi connectivity index (χ3v) is 4.19. The van der Waals surface area contributed by atoms with Crippen molar-refractivity contribution >= 4 is 34.6 Å². The number of nitrogens with zero attached hydrogens (tertiary/aromatic N) is 1. The first kappa shape index (κ1) is 16.2. The number of carbonyl (C=O) groups excluding carboxylic acids is 1. The summed E-state index contributed by atoms with van der Waals surface area (Å²) in [6.45, 7) is 1.93. The topological polar surface area (TPSA) is 41.5 Å². The van der Waals surface area contributed by atoms with Crippen LogP contribution in [0.2, 0.25) is 0 Å². The van der Waals surface area contributed by atoms with E-state index in [-0.39, 0.29) is 11.6 Å². The molecule has 3 nitrogen and oxygen atoms in total. The predicted octanol–water partition coefficient (Wildman–Crippen LogP) is 4.66. The summed E-state index contributed by atoms with van der Waals surface area (Å²) in [6, 6.07) is 16.1. The van der Waals surface area contributed by atoms with Gasteiger partial charge in [-0.1, -0.05) is 48.5 Å². The largest absolute Gasteiger partial charge is 0.300 e. The second-order valence-electron chi connectivity index (χ2n) is 5.23. The molecular formula is C19H15FN2OS. The highest BCUT2D eigenvalue weighted by molar-refractivity contribution is 8.18. The van der Waals surface area contributed by atoms with Crippen LogP contribution in [0, 0.1) is 5.82 Å². The molecule has 0 unspecified atom stereocenters. The number of nitrogens with one attached hydrogen (secondary N) is 1. The van der Waals surface area contributed by atoms with Crippen LogP contribution in [-0.4, -0.2) is 11.1 Å². The van der Waals surface area contributed by atoms with Gasteiger partial charge in [0.15, 0.2) is 5.17 Å². The van der Waals surface area contributed by atoms with Crippen molar-refractivity contribution in [2.75, 3.05) is 0 Å². The standard InChI is InChI=1S/C19H15FN2OS/c1-13(11-14-7-3-2-4-8-14)12-17-18(23)22-19(24-17)21-16-10-6-5-9-15(16)20/h2-12H,1H3,(H,21,22,23). The van der Waals surface area contributed by atoms with Crippen molar-refractivity contribution in [1.29, 1.82) is 0 Å². The molecule has 3 rings (SSSR count). The van der Waals surface area contributed by atoms with Gasteiger partial charge in [0.05, 0.1) is 4.91 Å². The van der Waals surface area contributed by atoms with Crippen LogP contribution in [0.3, 0.4) is 0 Å². The lowest BCUT2D eigenvalue weighted by Gasteiger charge is -1.97. The van der Waals surface area contributed by atoms with Crippen LogP contribution in [0.1, 0.15) is 12.5 Å². The van der Waals surface area contributed by atoms with E-state index in [1.165, 1.54) is 17.8 Å². The molecule has 1 aliphatic rings. The predicted molar refractivity (Wildman–Crippen MR) is 97.4 cm³/mol. The van der Waals surface area contributed by atoms with E-state index in [2.05, 4.69) is 10.3 Å². The quantitative estimate of drug-likeness (QED) is 0.827. The highest BCUT2D eigenvalue weighted by Gasteiger charge is 2.24. The molecule has 1 saturated heterocycles. The Balaban J connectivity index is 1.80. The van der Waals surface area contributed by atoms with Crippen molar-refractivity contribution < 1.29 is 9.18 Å². The number of allylic oxidation sites excluding steroid dienone is 2. The minimum absolute atomic E-state index is 0.207. The average molecular weight is 338 g/mol.